The minimum atomic E-state index is -1.28. The molecular formula is C15H19NO5. The van der Waals surface area contributed by atoms with Crippen LogP contribution in [-0.4, -0.2) is 36.7 Å². The number of hydrogen-bond acceptors (Lipinski definition) is 5. The fourth-order valence-corrected chi connectivity index (χ4v) is 3.36. The van der Waals surface area contributed by atoms with E-state index in [0.29, 0.717) is 0 Å². The van der Waals surface area contributed by atoms with E-state index in [1.54, 1.807) is 6.08 Å². The highest BCUT2D eigenvalue weighted by molar-refractivity contribution is 6.04. The number of carbonyl (C=O) groups is 2. The normalized spacial score (nSPS) is 32.5. The predicted molar refractivity (Wildman–Crippen MR) is 69.6 cm³/mol. The molecule has 0 spiro atoms. The first-order valence-electron chi connectivity index (χ1n) is 7.29. The Labute approximate surface area is 123 Å². The van der Waals surface area contributed by atoms with Gasteiger partial charge in [-0.2, -0.15) is 0 Å². The quantitative estimate of drug-likeness (QED) is 0.638. The third kappa shape index (κ3) is 2.44. The lowest BCUT2D eigenvalue weighted by Crippen LogP contribution is -3.14. The summed E-state index contributed by atoms with van der Waals surface area (Å²) in [7, 11) is 0. The van der Waals surface area contributed by atoms with Gasteiger partial charge in [-0.1, -0.05) is 0 Å². The Morgan fingerprint density at radius 2 is 1.90 bits per heavy atom. The number of carbonyl (C=O) groups excluding carboxylic acids is 2. The van der Waals surface area contributed by atoms with Crippen molar-refractivity contribution in [1.29, 1.82) is 0 Å². The molecule has 1 N–H and O–H groups in total. The van der Waals surface area contributed by atoms with Crippen LogP contribution in [0.2, 0.25) is 0 Å². The Balaban J connectivity index is 1.93. The van der Waals surface area contributed by atoms with Crippen LogP contribution >= 0.6 is 0 Å². The molecule has 0 aromatic heterocycles. The van der Waals surface area contributed by atoms with Crippen molar-refractivity contribution < 1.29 is 29.1 Å². The summed E-state index contributed by atoms with van der Waals surface area (Å²) in [4.78, 5) is 25.6. The maximum Gasteiger partial charge on any atom is 0.338 e. The standard InChI is InChI=1S/C15H19NO5/c1-15(2)20-13(18)12(14(19)21-15)11-9(5-6-10(11)17)16-7-3-4-8-16/h5-6,9,11,18H,3-4,7-8H2,1-2H3/t9-,11+/m0/s1. The number of allylic oxidation sites excluding steroid dienone is 1. The van der Waals surface area contributed by atoms with Gasteiger partial charge in [0.05, 0.1) is 24.6 Å². The molecule has 2 heterocycles. The molecule has 0 amide bonds. The maximum atomic E-state index is 12.2. The molecule has 0 saturated carbocycles. The van der Waals surface area contributed by atoms with E-state index in [-0.39, 0.29) is 17.4 Å². The highest BCUT2D eigenvalue weighted by Gasteiger charge is 2.46. The van der Waals surface area contributed by atoms with Crippen molar-refractivity contribution in [1.82, 2.24) is 0 Å². The highest BCUT2D eigenvalue weighted by atomic mass is 16.8. The van der Waals surface area contributed by atoms with Crippen molar-refractivity contribution in [2.24, 2.45) is 5.92 Å². The molecule has 0 aromatic carbocycles. The zero-order valence-corrected chi connectivity index (χ0v) is 12.2. The summed E-state index contributed by atoms with van der Waals surface area (Å²) in [5.41, 5.74) is -0.159. The van der Waals surface area contributed by atoms with Gasteiger partial charge in [0, 0.05) is 12.8 Å². The predicted octanol–water partition coefficient (Wildman–Crippen LogP) is -1.33. The van der Waals surface area contributed by atoms with Crippen LogP contribution in [0.15, 0.2) is 23.7 Å². The van der Waals surface area contributed by atoms with Crippen LogP contribution < -0.4 is 10.0 Å². The SMILES string of the molecule is CC1(C)OC(=O)C([C@H]2C(=O)C=C[C@@H]2[NH+]2CCCC2)=C([O-])O1. The van der Waals surface area contributed by atoms with Crippen LogP contribution in [0.25, 0.3) is 0 Å². The van der Waals surface area contributed by atoms with Crippen LogP contribution in [0.4, 0.5) is 0 Å². The van der Waals surface area contributed by atoms with E-state index in [2.05, 4.69) is 0 Å². The summed E-state index contributed by atoms with van der Waals surface area (Å²) in [6.07, 6.45) is 5.46. The molecule has 2 atom stereocenters. The zero-order valence-electron chi connectivity index (χ0n) is 12.2. The van der Waals surface area contributed by atoms with Crippen LogP contribution in [0.5, 0.6) is 0 Å². The number of cyclic esters (lactones) is 1. The van der Waals surface area contributed by atoms with E-state index < -0.39 is 23.6 Å². The second-order valence-electron chi connectivity index (χ2n) is 6.22. The molecular weight excluding hydrogens is 274 g/mol. The number of rotatable bonds is 2. The summed E-state index contributed by atoms with van der Waals surface area (Å²) < 4.78 is 10.2. The molecule has 6 nitrogen and oxygen atoms in total. The first kappa shape index (κ1) is 14.1. The topological polar surface area (TPSA) is 80.1 Å². The lowest BCUT2D eigenvalue weighted by molar-refractivity contribution is -0.908. The Hall–Kier alpha value is -1.82. The van der Waals surface area contributed by atoms with Crippen molar-refractivity contribution >= 4 is 11.8 Å². The van der Waals surface area contributed by atoms with Gasteiger partial charge in [0.2, 0.25) is 0 Å². The first-order valence-corrected chi connectivity index (χ1v) is 7.29. The van der Waals surface area contributed by atoms with Gasteiger partial charge < -0.3 is 19.5 Å². The molecule has 21 heavy (non-hydrogen) atoms. The Kier molecular flexibility index (Phi) is 3.28. The van der Waals surface area contributed by atoms with Crippen LogP contribution in [0, 0.1) is 5.92 Å². The molecule has 0 radical (unpaired) electrons. The Bertz CT molecular complexity index is 542. The second-order valence-corrected chi connectivity index (χ2v) is 6.22. The smallest absolute Gasteiger partial charge is 0.338 e. The fraction of sp³-hybridized carbons (Fsp3) is 0.600. The molecule has 1 aliphatic carbocycles. The average molecular weight is 293 g/mol. The van der Waals surface area contributed by atoms with Crippen molar-refractivity contribution in [2.75, 3.05) is 13.1 Å². The number of esters is 1. The number of likely N-dealkylation sites (tertiary alicyclic amines) is 1. The monoisotopic (exact) mass is 293 g/mol. The molecule has 6 heteroatoms. The number of hydrogen-bond donors (Lipinski definition) is 1. The molecule has 114 valence electrons. The first-order chi connectivity index (χ1) is 9.89. The van der Waals surface area contributed by atoms with Gasteiger partial charge in [0.25, 0.3) is 0 Å². The van der Waals surface area contributed by atoms with Crippen molar-refractivity contribution in [3.8, 4) is 0 Å². The molecule has 1 saturated heterocycles. The number of ketones is 1. The van der Waals surface area contributed by atoms with Gasteiger partial charge in [-0.3, -0.25) is 4.79 Å². The lowest BCUT2D eigenvalue weighted by atomic mass is 9.91. The lowest BCUT2D eigenvalue weighted by Gasteiger charge is -2.41. The van der Waals surface area contributed by atoms with E-state index in [1.807, 2.05) is 0 Å². The average Bonchev–Trinajstić information content (AvgIpc) is 2.97. The minimum absolute atomic E-state index is 0.159. The largest absolute Gasteiger partial charge is 0.575 e. The minimum Gasteiger partial charge on any atom is -0.575 e. The van der Waals surface area contributed by atoms with Crippen molar-refractivity contribution in [3.05, 3.63) is 23.7 Å². The van der Waals surface area contributed by atoms with Gasteiger partial charge in [-0.05, 0) is 26.0 Å². The molecule has 2 aliphatic heterocycles. The zero-order chi connectivity index (χ0) is 15.2. The fourth-order valence-electron chi connectivity index (χ4n) is 3.36. The Morgan fingerprint density at radius 1 is 1.24 bits per heavy atom. The summed E-state index contributed by atoms with van der Waals surface area (Å²) >= 11 is 0. The van der Waals surface area contributed by atoms with E-state index >= 15 is 0 Å². The molecule has 0 aromatic rings. The van der Waals surface area contributed by atoms with E-state index in [9.17, 15) is 14.7 Å². The van der Waals surface area contributed by atoms with Crippen LogP contribution in [-0.2, 0) is 19.1 Å². The van der Waals surface area contributed by atoms with Gasteiger partial charge >= 0.3 is 5.97 Å². The molecule has 0 bridgehead atoms. The van der Waals surface area contributed by atoms with E-state index in [0.717, 1.165) is 25.9 Å². The van der Waals surface area contributed by atoms with Crippen molar-refractivity contribution in [2.45, 2.75) is 38.5 Å². The molecule has 3 rings (SSSR count). The van der Waals surface area contributed by atoms with E-state index in [1.165, 1.54) is 24.8 Å². The Morgan fingerprint density at radius 3 is 2.52 bits per heavy atom. The molecule has 3 aliphatic rings. The number of nitrogens with one attached hydrogen (secondary N) is 1. The van der Waals surface area contributed by atoms with Crippen molar-refractivity contribution in [3.63, 3.8) is 0 Å². The third-order valence-corrected chi connectivity index (χ3v) is 4.28. The van der Waals surface area contributed by atoms with Gasteiger partial charge in [0.15, 0.2) is 11.6 Å². The third-order valence-electron chi connectivity index (χ3n) is 4.28. The number of ether oxygens (including phenoxy) is 2. The summed E-state index contributed by atoms with van der Waals surface area (Å²) in [6, 6.07) is -0.170. The number of quaternary nitrogens is 1. The second kappa shape index (κ2) is 4.87. The summed E-state index contributed by atoms with van der Waals surface area (Å²) in [5.74, 6) is -3.73. The van der Waals surface area contributed by atoms with E-state index in [4.69, 9.17) is 9.47 Å². The highest BCUT2D eigenvalue weighted by Crippen LogP contribution is 2.32. The van der Waals surface area contributed by atoms with Crippen LogP contribution in [0.3, 0.4) is 0 Å². The summed E-state index contributed by atoms with van der Waals surface area (Å²) in [5, 5.41) is 12.2. The maximum absolute atomic E-state index is 12.2. The molecule has 1 fully saturated rings. The van der Waals surface area contributed by atoms with Gasteiger partial charge in [-0.25, -0.2) is 4.79 Å². The summed E-state index contributed by atoms with van der Waals surface area (Å²) in [6.45, 7) is 4.89. The van der Waals surface area contributed by atoms with Gasteiger partial charge in [-0.15, -0.1) is 0 Å². The van der Waals surface area contributed by atoms with Crippen LogP contribution in [0.1, 0.15) is 26.7 Å². The van der Waals surface area contributed by atoms with Gasteiger partial charge in [0.1, 0.15) is 12.0 Å². The molecule has 0 unspecified atom stereocenters.